The Labute approximate surface area is 108 Å². The largest absolute Gasteiger partial charge is 0.370 e. The molecule has 4 nitrogen and oxygen atoms in total. The number of amides is 1. The summed E-state index contributed by atoms with van der Waals surface area (Å²) >= 11 is 0. The van der Waals surface area contributed by atoms with Crippen LogP contribution in [0.3, 0.4) is 0 Å². The minimum Gasteiger partial charge on any atom is -0.370 e. The van der Waals surface area contributed by atoms with E-state index in [1.807, 2.05) is 4.90 Å². The lowest BCUT2D eigenvalue weighted by molar-refractivity contribution is -0.156. The Morgan fingerprint density at radius 2 is 2.22 bits per heavy atom. The summed E-state index contributed by atoms with van der Waals surface area (Å²) in [7, 11) is 0. The molecule has 2 aliphatic heterocycles. The molecule has 0 bridgehead atoms. The molecule has 2 saturated heterocycles. The first-order valence-corrected chi connectivity index (χ1v) is 7.08. The quantitative estimate of drug-likeness (QED) is 0.704. The van der Waals surface area contributed by atoms with E-state index in [1.54, 1.807) is 0 Å². The predicted octanol–water partition coefficient (Wildman–Crippen LogP) is 0.934. The van der Waals surface area contributed by atoms with Gasteiger partial charge in [0.1, 0.15) is 0 Å². The molecule has 0 aromatic rings. The van der Waals surface area contributed by atoms with E-state index < -0.39 is 0 Å². The number of allylic oxidation sites excluding steroid dienone is 2. The SMILES string of the molecule is O=C(C1CC=CC1)N1CCOC2(CCCNC2)C1. The maximum Gasteiger partial charge on any atom is 0.226 e. The fourth-order valence-corrected chi connectivity index (χ4v) is 3.31. The molecule has 0 saturated carbocycles. The molecule has 2 heterocycles. The van der Waals surface area contributed by atoms with Gasteiger partial charge in [-0.25, -0.2) is 0 Å². The summed E-state index contributed by atoms with van der Waals surface area (Å²) in [6.07, 6.45) is 8.31. The van der Waals surface area contributed by atoms with Crippen LogP contribution in [-0.4, -0.2) is 49.2 Å². The van der Waals surface area contributed by atoms with Crippen LogP contribution in [0.15, 0.2) is 12.2 Å². The molecular formula is C14H22N2O2. The third-order valence-corrected chi connectivity index (χ3v) is 4.35. The molecular weight excluding hydrogens is 228 g/mol. The Bertz CT molecular complexity index is 334. The predicted molar refractivity (Wildman–Crippen MR) is 69.2 cm³/mol. The Morgan fingerprint density at radius 3 is 2.94 bits per heavy atom. The number of nitrogens with zero attached hydrogens (tertiary/aromatic N) is 1. The van der Waals surface area contributed by atoms with Gasteiger partial charge >= 0.3 is 0 Å². The highest BCUT2D eigenvalue weighted by Gasteiger charge is 2.40. The van der Waals surface area contributed by atoms with Gasteiger partial charge in [-0.15, -0.1) is 0 Å². The summed E-state index contributed by atoms with van der Waals surface area (Å²) in [6, 6.07) is 0. The van der Waals surface area contributed by atoms with Crippen molar-refractivity contribution in [1.82, 2.24) is 10.2 Å². The highest BCUT2D eigenvalue weighted by molar-refractivity contribution is 5.79. The number of carbonyl (C=O) groups is 1. The molecule has 1 atom stereocenters. The highest BCUT2D eigenvalue weighted by Crippen LogP contribution is 2.28. The second kappa shape index (κ2) is 5.02. The highest BCUT2D eigenvalue weighted by atomic mass is 16.5. The summed E-state index contributed by atoms with van der Waals surface area (Å²) in [5.41, 5.74) is -0.113. The zero-order chi connectivity index (χ0) is 12.4. The third kappa shape index (κ3) is 2.31. The van der Waals surface area contributed by atoms with Crippen LogP contribution in [0, 0.1) is 5.92 Å². The number of hydrogen-bond donors (Lipinski definition) is 1. The fourth-order valence-electron chi connectivity index (χ4n) is 3.31. The minimum atomic E-state index is -0.113. The molecule has 2 fully saturated rings. The van der Waals surface area contributed by atoms with Gasteiger partial charge in [0.25, 0.3) is 0 Å². The summed E-state index contributed by atoms with van der Waals surface area (Å²) in [5.74, 6) is 0.518. The van der Waals surface area contributed by atoms with Crippen LogP contribution >= 0.6 is 0 Å². The molecule has 1 spiro atoms. The molecule has 1 unspecified atom stereocenters. The Morgan fingerprint density at radius 1 is 1.39 bits per heavy atom. The number of piperidine rings is 1. The summed E-state index contributed by atoms with van der Waals surface area (Å²) in [6.45, 7) is 4.19. The molecule has 100 valence electrons. The fraction of sp³-hybridized carbons (Fsp3) is 0.786. The standard InChI is InChI=1S/C14H22N2O2/c17-13(12-4-1-2-5-12)16-8-9-18-14(11-16)6-3-7-15-10-14/h1-2,12,15H,3-11H2. The van der Waals surface area contributed by atoms with E-state index in [1.165, 1.54) is 0 Å². The monoisotopic (exact) mass is 250 g/mol. The van der Waals surface area contributed by atoms with Crippen LogP contribution in [0.1, 0.15) is 25.7 Å². The van der Waals surface area contributed by atoms with Crippen LogP contribution in [-0.2, 0) is 9.53 Å². The van der Waals surface area contributed by atoms with Gasteiger partial charge in [-0.3, -0.25) is 4.79 Å². The van der Waals surface area contributed by atoms with Crippen molar-refractivity contribution >= 4 is 5.91 Å². The lowest BCUT2D eigenvalue weighted by Crippen LogP contribution is -2.60. The summed E-state index contributed by atoms with van der Waals surface area (Å²) < 4.78 is 5.98. The van der Waals surface area contributed by atoms with E-state index in [-0.39, 0.29) is 11.5 Å². The average molecular weight is 250 g/mol. The van der Waals surface area contributed by atoms with Gasteiger partial charge in [-0.2, -0.15) is 0 Å². The van der Waals surface area contributed by atoms with Crippen LogP contribution in [0.2, 0.25) is 0 Å². The van der Waals surface area contributed by atoms with E-state index in [9.17, 15) is 4.79 Å². The molecule has 3 rings (SSSR count). The van der Waals surface area contributed by atoms with Gasteiger partial charge in [0.2, 0.25) is 5.91 Å². The van der Waals surface area contributed by atoms with Gasteiger partial charge in [0.15, 0.2) is 0 Å². The normalized spacial score (nSPS) is 33.2. The van der Waals surface area contributed by atoms with Gasteiger partial charge in [0, 0.05) is 19.0 Å². The van der Waals surface area contributed by atoms with Crippen molar-refractivity contribution in [3.63, 3.8) is 0 Å². The van der Waals surface area contributed by atoms with Crippen molar-refractivity contribution < 1.29 is 9.53 Å². The smallest absolute Gasteiger partial charge is 0.226 e. The number of carbonyl (C=O) groups excluding carboxylic acids is 1. The maximum absolute atomic E-state index is 12.4. The van der Waals surface area contributed by atoms with E-state index in [0.717, 1.165) is 51.9 Å². The van der Waals surface area contributed by atoms with Gasteiger partial charge < -0.3 is 15.0 Å². The van der Waals surface area contributed by atoms with Gasteiger partial charge in [-0.05, 0) is 32.2 Å². The molecule has 4 heteroatoms. The maximum atomic E-state index is 12.4. The Balaban J connectivity index is 1.64. The zero-order valence-electron chi connectivity index (χ0n) is 10.9. The van der Waals surface area contributed by atoms with Crippen molar-refractivity contribution in [1.29, 1.82) is 0 Å². The van der Waals surface area contributed by atoms with E-state index in [4.69, 9.17) is 4.74 Å². The topological polar surface area (TPSA) is 41.6 Å². The minimum absolute atomic E-state index is 0.113. The molecule has 0 aromatic carbocycles. The van der Waals surface area contributed by atoms with Gasteiger partial charge in [-0.1, -0.05) is 12.2 Å². The van der Waals surface area contributed by atoms with Crippen molar-refractivity contribution in [2.75, 3.05) is 32.8 Å². The third-order valence-electron chi connectivity index (χ3n) is 4.35. The first kappa shape index (κ1) is 12.2. The Kier molecular flexibility index (Phi) is 3.39. The Hall–Kier alpha value is -0.870. The van der Waals surface area contributed by atoms with E-state index >= 15 is 0 Å². The summed E-state index contributed by atoms with van der Waals surface area (Å²) in [4.78, 5) is 14.5. The van der Waals surface area contributed by atoms with Crippen molar-refractivity contribution in [2.45, 2.75) is 31.3 Å². The molecule has 0 aromatic heterocycles. The lowest BCUT2D eigenvalue weighted by atomic mass is 9.91. The summed E-state index contributed by atoms with van der Waals surface area (Å²) in [5, 5.41) is 3.40. The van der Waals surface area contributed by atoms with Crippen molar-refractivity contribution in [3.05, 3.63) is 12.2 Å². The molecule has 1 aliphatic carbocycles. The molecule has 1 amide bonds. The number of morpholine rings is 1. The molecule has 1 N–H and O–H groups in total. The second-order valence-corrected chi connectivity index (χ2v) is 5.71. The molecule has 0 radical (unpaired) electrons. The molecule has 3 aliphatic rings. The average Bonchev–Trinajstić information content (AvgIpc) is 2.93. The lowest BCUT2D eigenvalue weighted by Gasteiger charge is -2.45. The van der Waals surface area contributed by atoms with Crippen LogP contribution in [0.5, 0.6) is 0 Å². The first-order chi connectivity index (χ1) is 8.79. The van der Waals surface area contributed by atoms with Crippen LogP contribution in [0.4, 0.5) is 0 Å². The van der Waals surface area contributed by atoms with E-state index in [2.05, 4.69) is 17.5 Å². The number of ether oxygens (including phenoxy) is 1. The van der Waals surface area contributed by atoms with Crippen molar-refractivity contribution in [3.8, 4) is 0 Å². The van der Waals surface area contributed by atoms with Crippen LogP contribution < -0.4 is 5.32 Å². The zero-order valence-corrected chi connectivity index (χ0v) is 10.9. The number of hydrogen-bond acceptors (Lipinski definition) is 3. The first-order valence-electron chi connectivity index (χ1n) is 7.08. The van der Waals surface area contributed by atoms with E-state index in [0.29, 0.717) is 12.5 Å². The van der Waals surface area contributed by atoms with Crippen molar-refractivity contribution in [2.24, 2.45) is 5.92 Å². The second-order valence-electron chi connectivity index (χ2n) is 5.71. The number of nitrogens with one attached hydrogen (secondary N) is 1. The van der Waals surface area contributed by atoms with Crippen LogP contribution in [0.25, 0.3) is 0 Å². The molecule has 18 heavy (non-hydrogen) atoms. The number of rotatable bonds is 1. The van der Waals surface area contributed by atoms with Gasteiger partial charge in [0.05, 0.1) is 18.8 Å².